The number of carbonyl (C=O) groups is 1. The highest BCUT2D eigenvalue weighted by Crippen LogP contribution is 2.29. The topological polar surface area (TPSA) is 81.1 Å². The Bertz CT molecular complexity index is 576. The first-order valence-corrected chi connectivity index (χ1v) is 4.40. The van der Waals surface area contributed by atoms with Crippen molar-refractivity contribution in [3.05, 3.63) is 29.7 Å². The number of nitrogens with two attached hydrogens (primary N) is 1. The van der Waals surface area contributed by atoms with Crippen LogP contribution in [0, 0.1) is 0 Å². The molecular weight excluding hydrogens is 239 g/mol. The van der Waals surface area contributed by atoms with Gasteiger partial charge in [-0.05, 0) is 18.2 Å². The number of fused-ring (bicyclic) bond motifs is 1. The van der Waals surface area contributed by atoms with E-state index in [2.05, 4.69) is 4.98 Å². The number of furan rings is 1. The molecule has 2 heterocycles. The smallest absolute Gasteiger partial charge is 0.432 e. The lowest BCUT2D eigenvalue weighted by Gasteiger charge is -2.03. The summed E-state index contributed by atoms with van der Waals surface area (Å²) in [7, 11) is 0. The van der Waals surface area contributed by atoms with Crippen LogP contribution in [-0.2, 0) is 6.18 Å². The maximum absolute atomic E-state index is 12.3. The summed E-state index contributed by atoms with van der Waals surface area (Å²) in [5, 5.41) is 0.289. The Balaban J connectivity index is 2.52. The molecule has 17 heavy (non-hydrogen) atoms. The molecular formula is C9H6F3N3O2. The molecule has 0 atom stereocenters. The monoisotopic (exact) mass is 245 g/mol. The van der Waals surface area contributed by atoms with Gasteiger partial charge in [0.2, 0.25) is 5.71 Å². The average Bonchev–Trinajstić information content (AvgIpc) is 2.69. The third-order valence-electron chi connectivity index (χ3n) is 2.03. The standard InChI is InChI=1S/C9H6F3N3O2/c10-9(11,12)6-2-1-4-3-5(7(16)15-13)17-8(4)14-6/h1-3H,13H2,(H,15,16). The lowest BCUT2D eigenvalue weighted by atomic mass is 10.3. The Labute approximate surface area is 92.4 Å². The number of hydrogen-bond acceptors (Lipinski definition) is 4. The van der Waals surface area contributed by atoms with E-state index in [-0.39, 0.29) is 16.9 Å². The SMILES string of the molecule is NNC(=O)c1cc2ccc(C(F)(F)F)nc2o1. The van der Waals surface area contributed by atoms with Crippen molar-refractivity contribution in [1.29, 1.82) is 0 Å². The lowest BCUT2D eigenvalue weighted by Crippen LogP contribution is -2.29. The maximum atomic E-state index is 12.3. The minimum Gasteiger partial charge on any atom is -0.432 e. The van der Waals surface area contributed by atoms with Crippen molar-refractivity contribution in [3.8, 4) is 0 Å². The van der Waals surface area contributed by atoms with E-state index in [1.54, 1.807) is 5.43 Å². The molecule has 0 fully saturated rings. The highest BCUT2D eigenvalue weighted by molar-refractivity contribution is 5.95. The van der Waals surface area contributed by atoms with Gasteiger partial charge in [0.1, 0.15) is 5.69 Å². The van der Waals surface area contributed by atoms with Crippen molar-refractivity contribution in [2.75, 3.05) is 0 Å². The van der Waals surface area contributed by atoms with Crippen molar-refractivity contribution in [1.82, 2.24) is 10.4 Å². The van der Waals surface area contributed by atoms with Crippen molar-refractivity contribution in [3.63, 3.8) is 0 Å². The number of alkyl halides is 3. The zero-order chi connectivity index (χ0) is 12.6. The van der Waals surface area contributed by atoms with Gasteiger partial charge in [0.15, 0.2) is 5.76 Å². The fraction of sp³-hybridized carbons (Fsp3) is 0.111. The number of carbonyl (C=O) groups excluding carboxylic acids is 1. The van der Waals surface area contributed by atoms with E-state index in [1.807, 2.05) is 0 Å². The molecule has 0 aliphatic rings. The molecule has 0 aliphatic heterocycles. The first-order valence-electron chi connectivity index (χ1n) is 4.40. The van der Waals surface area contributed by atoms with Crippen LogP contribution < -0.4 is 11.3 Å². The zero-order valence-electron chi connectivity index (χ0n) is 8.21. The molecule has 0 radical (unpaired) electrons. The third kappa shape index (κ3) is 2.07. The number of rotatable bonds is 1. The molecule has 0 bridgehead atoms. The number of aromatic nitrogens is 1. The lowest BCUT2D eigenvalue weighted by molar-refractivity contribution is -0.141. The van der Waals surface area contributed by atoms with Gasteiger partial charge in [-0.1, -0.05) is 0 Å². The molecule has 0 aromatic carbocycles. The Morgan fingerprint density at radius 3 is 2.71 bits per heavy atom. The summed E-state index contributed by atoms with van der Waals surface area (Å²) in [5.74, 6) is 3.93. The predicted molar refractivity (Wildman–Crippen MR) is 50.7 cm³/mol. The van der Waals surface area contributed by atoms with Crippen LogP contribution in [0.4, 0.5) is 13.2 Å². The Hall–Kier alpha value is -2.09. The highest BCUT2D eigenvalue weighted by Gasteiger charge is 2.33. The Morgan fingerprint density at radius 2 is 2.12 bits per heavy atom. The maximum Gasteiger partial charge on any atom is 0.433 e. The number of hydrazine groups is 1. The number of hydrogen-bond donors (Lipinski definition) is 2. The van der Waals surface area contributed by atoms with Gasteiger partial charge in [-0.15, -0.1) is 0 Å². The van der Waals surface area contributed by atoms with Gasteiger partial charge in [0, 0.05) is 5.39 Å². The first kappa shape index (κ1) is 11.4. The van der Waals surface area contributed by atoms with Gasteiger partial charge in [0.25, 0.3) is 0 Å². The van der Waals surface area contributed by atoms with Crippen LogP contribution in [0.1, 0.15) is 16.2 Å². The van der Waals surface area contributed by atoms with Gasteiger partial charge in [-0.2, -0.15) is 13.2 Å². The summed E-state index contributed by atoms with van der Waals surface area (Å²) in [6.07, 6.45) is -4.56. The van der Waals surface area contributed by atoms with Gasteiger partial charge in [0.05, 0.1) is 0 Å². The van der Waals surface area contributed by atoms with Gasteiger partial charge in [-0.3, -0.25) is 10.2 Å². The fourth-order valence-corrected chi connectivity index (χ4v) is 1.26. The quantitative estimate of drug-likeness (QED) is 0.452. The number of amides is 1. The van der Waals surface area contributed by atoms with Crippen molar-refractivity contribution in [2.45, 2.75) is 6.18 Å². The normalized spacial score (nSPS) is 11.8. The van der Waals surface area contributed by atoms with Gasteiger partial charge in [-0.25, -0.2) is 10.8 Å². The molecule has 1 amide bonds. The molecule has 8 heteroatoms. The summed E-state index contributed by atoms with van der Waals surface area (Å²) in [6, 6.07) is 3.23. The average molecular weight is 245 g/mol. The number of nitrogen functional groups attached to an aromatic ring is 1. The molecule has 0 saturated carbocycles. The molecule has 0 spiro atoms. The van der Waals surface area contributed by atoms with E-state index in [0.29, 0.717) is 0 Å². The number of pyridine rings is 1. The van der Waals surface area contributed by atoms with E-state index in [0.717, 1.165) is 6.07 Å². The summed E-state index contributed by atoms with van der Waals surface area (Å²) >= 11 is 0. The summed E-state index contributed by atoms with van der Waals surface area (Å²) in [6.45, 7) is 0. The Kier molecular flexibility index (Phi) is 2.50. The zero-order valence-corrected chi connectivity index (χ0v) is 8.21. The number of nitrogens with zero attached hydrogens (tertiary/aromatic N) is 1. The van der Waals surface area contributed by atoms with Crippen molar-refractivity contribution in [2.24, 2.45) is 5.84 Å². The molecule has 3 N–H and O–H groups in total. The van der Waals surface area contributed by atoms with Crippen LogP contribution in [0.5, 0.6) is 0 Å². The van der Waals surface area contributed by atoms with E-state index in [9.17, 15) is 18.0 Å². The van der Waals surface area contributed by atoms with Crippen LogP contribution in [0.15, 0.2) is 22.6 Å². The fourth-order valence-electron chi connectivity index (χ4n) is 1.26. The molecule has 5 nitrogen and oxygen atoms in total. The summed E-state index contributed by atoms with van der Waals surface area (Å²) in [4.78, 5) is 14.4. The number of nitrogens with one attached hydrogen (secondary N) is 1. The van der Waals surface area contributed by atoms with Crippen molar-refractivity contribution >= 4 is 17.0 Å². The summed E-state index contributed by atoms with van der Waals surface area (Å²) < 4.78 is 41.9. The highest BCUT2D eigenvalue weighted by atomic mass is 19.4. The molecule has 90 valence electrons. The van der Waals surface area contributed by atoms with Crippen LogP contribution in [0.2, 0.25) is 0 Å². The second-order valence-electron chi connectivity index (χ2n) is 3.17. The van der Waals surface area contributed by atoms with Crippen LogP contribution in [0.3, 0.4) is 0 Å². The van der Waals surface area contributed by atoms with Crippen LogP contribution >= 0.6 is 0 Å². The minimum atomic E-state index is -4.56. The van der Waals surface area contributed by atoms with Crippen molar-refractivity contribution < 1.29 is 22.4 Å². The molecule has 0 aliphatic carbocycles. The third-order valence-corrected chi connectivity index (χ3v) is 2.03. The largest absolute Gasteiger partial charge is 0.433 e. The molecule has 0 saturated heterocycles. The first-order chi connectivity index (χ1) is 7.91. The van der Waals surface area contributed by atoms with Gasteiger partial charge < -0.3 is 4.42 Å². The van der Waals surface area contributed by atoms with Crippen LogP contribution in [0.25, 0.3) is 11.1 Å². The van der Waals surface area contributed by atoms with E-state index < -0.39 is 17.8 Å². The predicted octanol–water partition coefficient (Wildman–Crippen LogP) is 1.45. The second kappa shape index (κ2) is 3.74. The van der Waals surface area contributed by atoms with E-state index in [1.165, 1.54) is 12.1 Å². The van der Waals surface area contributed by atoms with E-state index >= 15 is 0 Å². The summed E-state index contributed by atoms with van der Waals surface area (Å²) in [5.41, 5.74) is 0.455. The minimum absolute atomic E-state index is 0.200. The molecule has 0 unspecified atom stereocenters. The number of halogens is 3. The second-order valence-corrected chi connectivity index (χ2v) is 3.17. The van der Waals surface area contributed by atoms with Crippen LogP contribution in [-0.4, -0.2) is 10.9 Å². The molecule has 2 rings (SSSR count). The molecule has 2 aromatic rings. The van der Waals surface area contributed by atoms with E-state index in [4.69, 9.17) is 10.3 Å². The Morgan fingerprint density at radius 1 is 1.41 bits per heavy atom. The molecule has 2 aromatic heterocycles. The van der Waals surface area contributed by atoms with Gasteiger partial charge >= 0.3 is 12.1 Å².